The fourth-order valence-electron chi connectivity index (χ4n) is 0.605. The largest absolute Gasteiger partial charge is 0.386 e. The number of hydrogen-bond acceptors (Lipinski definition) is 5. The van der Waals surface area contributed by atoms with Crippen LogP contribution in [0.15, 0.2) is 9.98 Å². The molecule has 0 amide bonds. The maximum absolute atomic E-state index is 6.85. The van der Waals surface area contributed by atoms with Gasteiger partial charge in [0.2, 0.25) is 5.96 Å². The average Bonchev–Trinajstić information content (AvgIpc) is 2.33. The van der Waals surface area contributed by atoms with Crippen molar-refractivity contribution in [3.63, 3.8) is 0 Å². The molecule has 0 rings (SSSR count). The van der Waals surface area contributed by atoms with E-state index in [0.29, 0.717) is 0 Å². The smallest absolute Gasteiger partial charge is 0.248 e. The Morgan fingerprint density at radius 1 is 0.640 bits per heavy atom. The van der Waals surface area contributed by atoms with Crippen molar-refractivity contribution in [3.05, 3.63) is 0 Å². The summed E-state index contributed by atoms with van der Waals surface area (Å²) in [4.78, 5) is 6.45. The van der Waals surface area contributed by atoms with Gasteiger partial charge in [-0.3, -0.25) is 32.4 Å². The zero-order chi connectivity index (χ0) is 20.6. The van der Waals surface area contributed by atoms with Gasteiger partial charge in [0.1, 0.15) is 5.84 Å². The molecule has 0 radical (unpaired) electrons. The van der Waals surface area contributed by atoms with Crippen molar-refractivity contribution >= 4 is 41.6 Å². The van der Waals surface area contributed by atoms with Gasteiger partial charge in [0.15, 0.2) is 29.8 Å². The molecule has 25 heavy (non-hydrogen) atoms. The topological polar surface area (TPSA) is 376 Å². The van der Waals surface area contributed by atoms with Gasteiger partial charge in [0.25, 0.3) is 0 Å². The second-order valence-electron chi connectivity index (χ2n) is 3.64. The lowest BCUT2D eigenvalue weighted by Gasteiger charge is -1.98. The number of nitrogens with one attached hydrogen (secondary N) is 7. The van der Waals surface area contributed by atoms with E-state index in [1.807, 2.05) is 5.32 Å². The second-order valence-corrected chi connectivity index (χ2v) is 3.64. The summed E-state index contributed by atoms with van der Waals surface area (Å²) in [5.74, 6) is -1.74. The van der Waals surface area contributed by atoms with Crippen LogP contribution in [0, 0.1) is 27.0 Å². The molecule has 0 saturated heterocycles. The Balaban J connectivity index is -0.000000296. The van der Waals surface area contributed by atoms with Crippen LogP contribution in [0.5, 0.6) is 0 Å². The molecule has 0 aliphatic carbocycles. The number of amidine groups is 1. The van der Waals surface area contributed by atoms with E-state index < -0.39 is 5.96 Å². The SMILES string of the molecule is N=C(N)CNC(=N)N.N=C(N)NC(=N)N.N=C(N=C(N)N)N=C(N)N. The summed E-state index contributed by atoms with van der Waals surface area (Å²) in [6, 6.07) is 0. The van der Waals surface area contributed by atoms with Gasteiger partial charge in [-0.25, -0.2) is 0 Å². The van der Waals surface area contributed by atoms with Crippen LogP contribution in [0.2, 0.25) is 0 Å². The molecule has 0 aromatic heterocycles. The summed E-state index contributed by atoms with van der Waals surface area (Å²) in [7, 11) is 0. The summed E-state index contributed by atoms with van der Waals surface area (Å²) in [5.41, 5.74) is 38.9. The molecular weight excluding hydrogens is 334 g/mol. The van der Waals surface area contributed by atoms with Crippen LogP contribution < -0.4 is 56.5 Å². The Hall–Kier alpha value is -4.31. The number of nitrogens with two attached hydrogens (primary N) is 8. The molecule has 0 aromatic carbocycles. The molecular formula is C8H25N17. The fourth-order valence-corrected chi connectivity index (χ4v) is 0.605. The summed E-state index contributed by atoms with van der Waals surface area (Å²) in [6.45, 7) is 0.148. The Morgan fingerprint density at radius 2 is 1.00 bits per heavy atom. The third-order valence-corrected chi connectivity index (χ3v) is 1.21. The lowest BCUT2D eigenvalue weighted by atomic mass is 10.6. The average molecular weight is 359 g/mol. The summed E-state index contributed by atoms with van der Waals surface area (Å²) >= 11 is 0. The van der Waals surface area contributed by atoms with Gasteiger partial charge >= 0.3 is 0 Å². The maximum atomic E-state index is 6.85. The molecule has 0 aliphatic rings. The molecule has 0 atom stereocenters. The third-order valence-electron chi connectivity index (χ3n) is 1.21. The van der Waals surface area contributed by atoms with Crippen LogP contribution >= 0.6 is 0 Å². The highest BCUT2D eigenvalue weighted by Gasteiger charge is 1.89. The van der Waals surface area contributed by atoms with Crippen molar-refractivity contribution in [1.29, 1.82) is 27.0 Å². The van der Waals surface area contributed by atoms with Crippen molar-refractivity contribution < 1.29 is 0 Å². The molecule has 0 aliphatic heterocycles. The molecule has 0 fully saturated rings. The van der Waals surface area contributed by atoms with Crippen LogP contribution in [0.25, 0.3) is 0 Å². The number of guanidine groups is 6. The fraction of sp³-hybridized carbons (Fsp3) is 0.125. The lowest BCUT2D eigenvalue weighted by Crippen LogP contribution is -2.39. The van der Waals surface area contributed by atoms with Gasteiger partial charge in [-0.05, 0) is 0 Å². The quantitative estimate of drug-likeness (QED) is 0.163. The highest BCUT2D eigenvalue weighted by molar-refractivity contribution is 5.98. The Labute approximate surface area is 142 Å². The van der Waals surface area contributed by atoms with E-state index in [-0.39, 0.29) is 42.2 Å². The van der Waals surface area contributed by atoms with Crippen LogP contribution in [-0.2, 0) is 0 Å². The molecule has 0 saturated carbocycles. The normalized spacial score (nSPS) is 7.84. The van der Waals surface area contributed by atoms with Crippen molar-refractivity contribution in [3.8, 4) is 0 Å². The first-order chi connectivity index (χ1) is 11.3. The molecule has 17 nitrogen and oxygen atoms in total. The van der Waals surface area contributed by atoms with Crippen molar-refractivity contribution in [2.24, 2.45) is 55.9 Å². The maximum Gasteiger partial charge on any atom is 0.248 e. The minimum absolute atomic E-state index is 0.0276. The highest BCUT2D eigenvalue weighted by Crippen LogP contribution is 1.74. The van der Waals surface area contributed by atoms with E-state index in [2.05, 4.69) is 15.3 Å². The molecule has 23 N–H and O–H groups in total. The second kappa shape index (κ2) is 14.6. The molecule has 142 valence electrons. The number of hydrogen-bond donors (Lipinski definition) is 15. The van der Waals surface area contributed by atoms with Gasteiger partial charge in [0, 0.05) is 0 Å². The van der Waals surface area contributed by atoms with Crippen LogP contribution in [0.4, 0.5) is 0 Å². The summed E-state index contributed by atoms with van der Waals surface area (Å²) in [6.07, 6.45) is 0. The van der Waals surface area contributed by atoms with E-state index in [4.69, 9.17) is 72.9 Å². The minimum Gasteiger partial charge on any atom is -0.386 e. The molecule has 17 heteroatoms. The molecule has 0 bridgehead atoms. The zero-order valence-electron chi connectivity index (χ0n) is 13.2. The van der Waals surface area contributed by atoms with E-state index in [1.165, 1.54) is 0 Å². The Bertz CT molecular complexity index is 487. The van der Waals surface area contributed by atoms with Gasteiger partial charge in [-0.2, -0.15) is 9.98 Å². The standard InChI is InChI=1S/C3H9N7.C3H9N5.C2H7N5/c4-1(5)9-3(8)10-2(6)7;4-2(5)1-8-3(6)7;3-1(4)7-2(5)6/h(H9,4,5,6,7,8,9,10);1H2,(H3,4,5)(H4,6,7,8);(H7,3,4,5,6,7). The zero-order valence-corrected chi connectivity index (χ0v) is 13.2. The highest BCUT2D eigenvalue weighted by atomic mass is 15.1. The van der Waals surface area contributed by atoms with E-state index in [0.717, 1.165) is 0 Å². The number of nitrogens with zero attached hydrogens (tertiary/aromatic N) is 2. The van der Waals surface area contributed by atoms with Gasteiger partial charge < -0.3 is 51.2 Å². The molecule has 0 heterocycles. The van der Waals surface area contributed by atoms with Crippen molar-refractivity contribution in [2.75, 3.05) is 6.54 Å². The number of rotatable bonds is 2. The van der Waals surface area contributed by atoms with Crippen LogP contribution in [0.3, 0.4) is 0 Å². The van der Waals surface area contributed by atoms with Crippen molar-refractivity contribution in [1.82, 2.24) is 10.6 Å². The monoisotopic (exact) mass is 359 g/mol. The van der Waals surface area contributed by atoms with Crippen molar-refractivity contribution in [2.45, 2.75) is 0 Å². The first-order valence-corrected chi connectivity index (χ1v) is 5.91. The summed E-state index contributed by atoms with van der Waals surface area (Å²) in [5, 5.41) is 37.4. The van der Waals surface area contributed by atoms with Gasteiger partial charge in [0.05, 0.1) is 6.54 Å². The van der Waals surface area contributed by atoms with Crippen LogP contribution in [-0.4, -0.2) is 48.1 Å². The van der Waals surface area contributed by atoms with E-state index >= 15 is 0 Å². The first kappa shape index (κ1) is 25.6. The summed E-state index contributed by atoms with van der Waals surface area (Å²) < 4.78 is 0. The van der Waals surface area contributed by atoms with Gasteiger partial charge in [-0.15, -0.1) is 0 Å². The number of aliphatic imine (C=N–C) groups is 2. The predicted molar refractivity (Wildman–Crippen MR) is 98.1 cm³/mol. The minimum atomic E-state index is -0.417. The Kier molecular flexibility index (Phi) is 15.0. The molecule has 0 aromatic rings. The lowest BCUT2D eigenvalue weighted by molar-refractivity contribution is 1.02. The van der Waals surface area contributed by atoms with E-state index in [1.54, 1.807) is 0 Å². The first-order valence-electron chi connectivity index (χ1n) is 5.91. The Morgan fingerprint density at radius 3 is 1.12 bits per heavy atom. The predicted octanol–water partition coefficient (Wildman–Crippen LogP) is -5.76. The van der Waals surface area contributed by atoms with Gasteiger partial charge in [-0.1, -0.05) is 0 Å². The van der Waals surface area contributed by atoms with E-state index in [9.17, 15) is 0 Å². The molecule has 0 unspecified atom stereocenters. The van der Waals surface area contributed by atoms with Crippen LogP contribution in [0.1, 0.15) is 0 Å². The molecule has 0 spiro atoms. The third kappa shape index (κ3) is 38.3.